The summed E-state index contributed by atoms with van der Waals surface area (Å²) in [4.78, 5) is 48.7. The second kappa shape index (κ2) is 13.2. The third-order valence-corrected chi connectivity index (χ3v) is 5.33. The Morgan fingerprint density at radius 1 is 0.886 bits per heavy atom. The molecule has 0 unspecified atom stereocenters. The quantitative estimate of drug-likeness (QED) is 0.343. The minimum atomic E-state index is -1.02. The number of rotatable bonds is 12. The van der Waals surface area contributed by atoms with Crippen molar-refractivity contribution >= 4 is 23.9 Å². The summed E-state index contributed by atoms with van der Waals surface area (Å²) in [6, 6.07) is 3.61. The van der Waals surface area contributed by atoms with E-state index in [2.05, 4.69) is 0 Å². The van der Waals surface area contributed by atoms with E-state index in [1.807, 2.05) is 6.92 Å². The smallest absolute Gasteiger partial charge is 0.323 e. The van der Waals surface area contributed by atoms with Gasteiger partial charge in [-0.2, -0.15) is 0 Å². The Morgan fingerprint density at radius 3 is 1.94 bits per heavy atom. The lowest BCUT2D eigenvalue weighted by atomic mass is 9.91. The summed E-state index contributed by atoms with van der Waals surface area (Å²) in [7, 11) is 0. The van der Waals surface area contributed by atoms with E-state index in [-0.39, 0.29) is 36.4 Å². The van der Waals surface area contributed by atoms with E-state index >= 15 is 0 Å². The zero-order chi connectivity index (χ0) is 26.9. The molecule has 0 bridgehead atoms. The molecule has 0 saturated heterocycles. The van der Waals surface area contributed by atoms with Crippen LogP contribution >= 0.6 is 0 Å². The van der Waals surface area contributed by atoms with Crippen molar-refractivity contribution in [1.82, 2.24) is 0 Å². The molecule has 0 amide bonds. The number of ether oxygens (including phenoxy) is 4. The largest absolute Gasteiger partial charge is 0.461 e. The fraction of sp³-hybridized carbons (Fsp3) is 0.615. The number of hydrogen-bond acceptors (Lipinski definition) is 9. The van der Waals surface area contributed by atoms with Gasteiger partial charge in [-0.15, -0.1) is 0 Å². The normalized spacial score (nSPS) is 13.2. The average molecular weight is 494 g/mol. The van der Waals surface area contributed by atoms with E-state index in [0.29, 0.717) is 12.0 Å². The molecule has 0 spiro atoms. The molecule has 2 atom stereocenters. The highest BCUT2D eigenvalue weighted by atomic mass is 16.6. The van der Waals surface area contributed by atoms with E-state index < -0.39 is 41.4 Å². The first kappa shape index (κ1) is 30.1. The molecule has 0 radical (unpaired) electrons. The van der Waals surface area contributed by atoms with Crippen LogP contribution in [0.25, 0.3) is 0 Å². The van der Waals surface area contributed by atoms with Gasteiger partial charge in [0, 0.05) is 0 Å². The van der Waals surface area contributed by atoms with Crippen LogP contribution in [0, 0.1) is 17.3 Å². The summed E-state index contributed by atoms with van der Waals surface area (Å²) in [5, 5.41) is 0. The predicted octanol–water partition coefficient (Wildman–Crippen LogP) is 3.59. The van der Waals surface area contributed by atoms with Crippen LogP contribution in [0.4, 0.5) is 0 Å². The van der Waals surface area contributed by atoms with Gasteiger partial charge >= 0.3 is 23.9 Å². The first-order valence-electron chi connectivity index (χ1n) is 11.9. The van der Waals surface area contributed by atoms with Crippen molar-refractivity contribution in [3.05, 3.63) is 23.8 Å². The molecule has 1 aromatic carbocycles. The molecule has 35 heavy (non-hydrogen) atoms. The molecule has 0 aliphatic rings. The first-order chi connectivity index (χ1) is 16.2. The monoisotopic (exact) mass is 493 g/mol. The summed E-state index contributed by atoms with van der Waals surface area (Å²) < 4.78 is 21.3. The topological polar surface area (TPSA) is 131 Å². The molecule has 2 N–H and O–H groups in total. The van der Waals surface area contributed by atoms with Crippen LogP contribution in [0.5, 0.6) is 11.5 Å². The molecular formula is C26H39NO8. The lowest BCUT2D eigenvalue weighted by Crippen LogP contribution is -2.38. The minimum absolute atomic E-state index is 0.0644. The molecule has 1 aromatic rings. The number of carbonyl (C=O) groups excluding carboxylic acids is 4. The predicted molar refractivity (Wildman–Crippen MR) is 130 cm³/mol. The first-order valence-corrected chi connectivity index (χ1v) is 11.9. The van der Waals surface area contributed by atoms with Gasteiger partial charge in [-0.1, -0.05) is 40.7 Å². The van der Waals surface area contributed by atoms with Crippen molar-refractivity contribution in [3.8, 4) is 11.5 Å². The maximum atomic E-state index is 12.5. The molecule has 0 aromatic heterocycles. The highest BCUT2D eigenvalue weighted by Crippen LogP contribution is 2.30. The number of nitrogens with two attached hydrogens (primary N) is 1. The summed E-state index contributed by atoms with van der Waals surface area (Å²) in [5.41, 5.74) is 5.99. The van der Waals surface area contributed by atoms with E-state index in [9.17, 15) is 19.2 Å². The molecule has 196 valence electrons. The zero-order valence-electron chi connectivity index (χ0n) is 22.0. The number of esters is 4. The van der Waals surface area contributed by atoms with Crippen molar-refractivity contribution in [1.29, 1.82) is 0 Å². The second-order valence-corrected chi connectivity index (χ2v) is 9.83. The maximum Gasteiger partial charge on any atom is 0.323 e. The van der Waals surface area contributed by atoms with Gasteiger partial charge in [-0.05, 0) is 51.3 Å². The van der Waals surface area contributed by atoms with Crippen LogP contribution in [0.1, 0.15) is 67.4 Å². The number of carbonyl (C=O) groups is 4. The Bertz CT molecular complexity index is 907. The lowest BCUT2D eigenvalue weighted by molar-refractivity contribution is -0.164. The fourth-order valence-corrected chi connectivity index (χ4v) is 2.49. The molecule has 0 heterocycles. The summed E-state index contributed by atoms with van der Waals surface area (Å²) in [5.74, 6) is -2.62. The molecule has 9 heteroatoms. The lowest BCUT2D eigenvalue weighted by Gasteiger charge is -2.22. The Morgan fingerprint density at radius 2 is 1.43 bits per heavy atom. The van der Waals surface area contributed by atoms with Gasteiger partial charge in [0.1, 0.15) is 18.8 Å². The van der Waals surface area contributed by atoms with Gasteiger partial charge in [0.2, 0.25) is 0 Å². The van der Waals surface area contributed by atoms with Gasteiger partial charge < -0.3 is 24.7 Å². The SMILES string of the molecule is CCC(C)(C)C(=O)OC[C@H](C)OC(=O)[C@@H](N)Cc1ccc(OC(=O)C(C)C)c(OC(=O)C(C)C)c1. The fourth-order valence-electron chi connectivity index (χ4n) is 2.49. The minimum Gasteiger partial charge on any atom is -0.461 e. The van der Waals surface area contributed by atoms with Gasteiger partial charge in [-0.3, -0.25) is 19.2 Å². The molecule has 0 aliphatic carbocycles. The molecular weight excluding hydrogens is 454 g/mol. The van der Waals surface area contributed by atoms with Crippen molar-refractivity contribution in [2.24, 2.45) is 23.0 Å². The summed E-state index contributed by atoms with van der Waals surface area (Å²) in [6.45, 7) is 13.7. The summed E-state index contributed by atoms with van der Waals surface area (Å²) >= 11 is 0. The molecule has 0 aliphatic heterocycles. The van der Waals surface area contributed by atoms with E-state index in [1.165, 1.54) is 12.1 Å². The maximum absolute atomic E-state index is 12.5. The van der Waals surface area contributed by atoms with Crippen LogP contribution in [0.3, 0.4) is 0 Å². The Labute approximate surface area is 207 Å². The highest BCUT2D eigenvalue weighted by Gasteiger charge is 2.28. The number of hydrogen-bond donors (Lipinski definition) is 1. The van der Waals surface area contributed by atoms with Crippen molar-refractivity contribution in [2.75, 3.05) is 6.61 Å². The van der Waals surface area contributed by atoms with Gasteiger partial charge in [0.15, 0.2) is 11.5 Å². The second-order valence-electron chi connectivity index (χ2n) is 9.83. The average Bonchev–Trinajstić information content (AvgIpc) is 2.78. The third-order valence-electron chi connectivity index (χ3n) is 5.33. The Balaban J connectivity index is 2.86. The standard InChI is InChI=1S/C26H39NO8/c1-9-26(7,8)25(31)32-14-17(6)33-24(30)19(27)12-18-10-11-20(34-22(28)15(2)3)21(13-18)35-23(29)16(4)5/h10-11,13,15-17,19H,9,12,14,27H2,1-8H3/t17-,19-/m0/s1. The van der Waals surface area contributed by atoms with E-state index in [0.717, 1.165) is 0 Å². The van der Waals surface area contributed by atoms with Crippen LogP contribution in [-0.4, -0.2) is 42.6 Å². The van der Waals surface area contributed by atoms with Crippen LogP contribution < -0.4 is 15.2 Å². The van der Waals surface area contributed by atoms with E-state index in [4.69, 9.17) is 24.7 Å². The van der Waals surface area contributed by atoms with Gasteiger partial charge in [0.05, 0.1) is 17.3 Å². The number of benzene rings is 1. The van der Waals surface area contributed by atoms with Crippen LogP contribution in [-0.2, 0) is 35.1 Å². The van der Waals surface area contributed by atoms with E-state index in [1.54, 1.807) is 54.5 Å². The van der Waals surface area contributed by atoms with Crippen LogP contribution in [0.2, 0.25) is 0 Å². The van der Waals surface area contributed by atoms with Crippen LogP contribution in [0.15, 0.2) is 18.2 Å². The Hall–Kier alpha value is -2.94. The highest BCUT2D eigenvalue weighted by molar-refractivity contribution is 5.79. The molecule has 0 saturated carbocycles. The van der Waals surface area contributed by atoms with Crippen molar-refractivity contribution < 1.29 is 38.1 Å². The third kappa shape index (κ3) is 9.68. The van der Waals surface area contributed by atoms with Crippen molar-refractivity contribution in [2.45, 2.75) is 80.4 Å². The zero-order valence-corrected chi connectivity index (χ0v) is 22.0. The molecule has 0 fully saturated rings. The molecule has 1 rings (SSSR count). The molecule has 9 nitrogen and oxygen atoms in total. The van der Waals surface area contributed by atoms with Crippen molar-refractivity contribution in [3.63, 3.8) is 0 Å². The van der Waals surface area contributed by atoms with Gasteiger partial charge in [-0.25, -0.2) is 0 Å². The Kier molecular flexibility index (Phi) is 11.4. The van der Waals surface area contributed by atoms with Gasteiger partial charge in [0.25, 0.3) is 0 Å². The summed E-state index contributed by atoms with van der Waals surface area (Å²) in [6.07, 6.45) is 0.0266.